The second-order valence-electron chi connectivity index (χ2n) is 7.06. The lowest BCUT2D eigenvalue weighted by Crippen LogP contribution is -2.08. The molecule has 150 valence electrons. The van der Waals surface area contributed by atoms with Crippen molar-refractivity contribution in [1.29, 1.82) is 0 Å². The van der Waals surface area contributed by atoms with Gasteiger partial charge in [-0.15, -0.1) is 0 Å². The SMILES string of the molecule is O=Cc1ccc2c(c1)CCc1c-2n[nH]c1-c1onc(-c2ccccc2)c1C(F)(F)F. The molecule has 0 saturated heterocycles. The molecule has 30 heavy (non-hydrogen) atoms. The Labute approximate surface area is 168 Å². The predicted molar refractivity (Wildman–Crippen MR) is 103 cm³/mol. The number of halogens is 3. The second kappa shape index (κ2) is 6.69. The van der Waals surface area contributed by atoms with Crippen LogP contribution in [0.4, 0.5) is 13.2 Å². The van der Waals surface area contributed by atoms with Gasteiger partial charge in [0.1, 0.15) is 23.2 Å². The van der Waals surface area contributed by atoms with Crippen LogP contribution in [-0.2, 0) is 19.0 Å². The highest BCUT2D eigenvalue weighted by atomic mass is 19.4. The first-order valence-corrected chi connectivity index (χ1v) is 9.25. The molecule has 2 aromatic carbocycles. The Balaban J connectivity index is 1.68. The summed E-state index contributed by atoms with van der Waals surface area (Å²) in [5, 5.41) is 10.7. The number of nitrogens with zero attached hydrogens (tertiary/aromatic N) is 2. The minimum absolute atomic E-state index is 0.178. The molecule has 1 N–H and O–H groups in total. The Hall–Kier alpha value is -3.68. The Morgan fingerprint density at radius 3 is 2.57 bits per heavy atom. The summed E-state index contributed by atoms with van der Waals surface area (Å²) in [5.41, 5.74) is 2.80. The smallest absolute Gasteiger partial charge is 0.353 e. The summed E-state index contributed by atoms with van der Waals surface area (Å²) in [5.74, 6) is -0.372. The molecule has 1 aliphatic rings. The van der Waals surface area contributed by atoms with Gasteiger partial charge in [0, 0.05) is 22.3 Å². The maximum absolute atomic E-state index is 14.0. The van der Waals surface area contributed by atoms with Crippen molar-refractivity contribution in [3.8, 4) is 34.0 Å². The summed E-state index contributed by atoms with van der Waals surface area (Å²) in [7, 11) is 0. The van der Waals surface area contributed by atoms with Crippen LogP contribution in [0, 0.1) is 0 Å². The molecule has 0 atom stereocenters. The molecule has 0 fully saturated rings. The van der Waals surface area contributed by atoms with E-state index in [4.69, 9.17) is 4.52 Å². The van der Waals surface area contributed by atoms with E-state index in [9.17, 15) is 18.0 Å². The number of rotatable bonds is 3. The zero-order valence-corrected chi connectivity index (χ0v) is 15.5. The average Bonchev–Trinajstić information content (AvgIpc) is 3.38. The second-order valence-corrected chi connectivity index (χ2v) is 7.06. The van der Waals surface area contributed by atoms with Gasteiger partial charge in [0.05, 0.1) is 5.69 Å². The van der Waals surface area contributed by atoms with Crippen LogP contribution in [0.3, 0.4) is 0 Å². The van der Waals surface area contributed by atoms with E-state index in [1.165, 1.54) is 0 Å². The number of hydrogen-bond acceptors (Lipinski definition) is 4. The third-order valence-electron chi connectivity index (χ3n) is 5.28. The molecular weight excluding hydrogens is 395 g/mol. The number of hydrogen-bond donors (Lipinski definition) is 1. The molecule has 0 unspecified atom stereocenters. The van der Waals surface area contributed by atoms with Crippen LogP contribution >= 0.6 is 0 Å². The topological polar surface area (TPSA) is 71.8 Å². The first-order valence-electron chi connectivity index (χ1n) is 9.25. The summed E-state index contributed by atoms with van der Waals surface area (Å²) in [4.78, 5) is 11.0. The molecule has 8 heteroatoms. The van der Waals surface area contributed by atoms with Gasteiger partial charge >= 0.3 is 6.18 Å². The van der Waals surface area contributed by atoms with E-state index in [1.807, 2.05) is 0 Å². The molecule has 0 radical (unpaired) electrons. The van der Waals surface area contributed by atoms with Crippen LogP contribution < -0.4 is 0 Å². The van der Waals surface area contributed by atoms with Crippen molar-refractivity contribution in [2.45, 2.75) is 19.0 Å². The van der Waals surface area contributed by atoms with Gasteiger partial charge in [-0.3, -0.25) is 9.89 Å². The highest BCUT2D eigenvalue weighted by molar-refractivity contribution is 5.82. The van der Waals surface area contributed by atoms with E-state index in [1.54, 1.807) is 48.5 Å². The minimum Gasteiger partial charge on any atom is -0.353 e. The summed E-state index contributed by atoms with van der Waals surface area (Å²) in [6, 6.07) is 13.3. The number of carbonyl (C=O) groups is 1. The van der Waals surface area contributed by atoms with E-state index >= 15 is 0 Å². The molecular formula is C22H14F3N3O2. The molecule has 2 aromatic heterocycles. The van der Waals surface area contributed by atoms with E-state index in [0.29, 0.717) is 35.2 Å². The van der Waals surface area contributed by atoms with Crippen LogP contribution in [-0.4, -0.2) is 21.6 Å². The van der Waals surface area contributed by atoms with Crippen molar-refractivity contribution in [3.63, 3.8) is 0 Å². The Morgan fingerprint density at radius 2 is 1.83 bits per heavy atom. The van der Waals surface area contributed by atoms with Gasteiger partial charge < -0.3 is 4.52 Å². The first-order chi connectivity index (χ1) is 14.5. The fourth-order valence-electron chi connectivity index (χ4n) is 3.92. The minimum atomic E-state index is -4.66. The quantitative estimate of drug-likeness (QED) is 0.465. The number of alkyl halides is 3. The van der Waals surface area contributed by atoms with Crippen molar-refractivity contribution in [1.82, 2.24) is 15.4 Å². The zero-order valence-electron chi connectivity index (χ0n) is 15.5. The van der Waals surface area contributed by atoms with Gasteiger partial charge in [-0.05, 0) is 24.5 Å². The van der Waals surface area contributed by atoms with Crippen molar-refractivity contribution < 1.29 is 22.5 Å². The average molecular weight is 409 g/mol. The maximum atomic E-state index is 14.0. The lowest BCUT2D eigenvalue weighted by Gasteiger charge is -2.16. The number of aldehydes is 1. The molecule has 4 aromatic rings. The number of aromatic nitrogens is 3. The molecule has 5 rings (SSSR count). The maximum Gasteiger partial charge on any atom is 0.422 e. The Kier molecular flexibility index (Phi) is 4.09. The molecule has 2 heterocycles. The number of H-pyrrole nitrogens is 1. The highest BCUT2D eigenvalue weighted by Gasteiger charge is 2.42. The van der Waals surface area contributed by atoms with E-state index in [2.05, 4.69) is 15.4 Å². The van der Waals surface area contributed by atoms with Gasteiger partial charge in [0.2, 0.25) is 0 Å². The molecule has 0 aliphatic heterocycles. The number of fused-ring (bicyclic) bond motifs is 3. The number of carbonyl (C=O) groups excluding carboxylic acids is 1. The van der Waals surface area contributed by atoms with Gasteiger partial charge in [-0.25, -0.2) is 0 Å². The predicted octanol–water partition coefficient (Wildman–Crippen LogP) is 5.33. The van der Waals surface area contributed by atoms with Crippen LogP contribution in [0.25, 0.3) is 34.0 Å². The molecule has 0 amide bonds. The lowest BCUT2D eigenvalue weighted by atomic mass is 9.87. The normalized spacial score (nSPS) is 13.0. The van der Waals surface area contributed by atoms with Crippen LogP contribution in [0.2, 0.25) is 0 Å². The van der Waals surface area contributed by atoms with Crippen molar-refractivity contribution in [3.05, 3.63) is 70.8 Å². The Morgan fingerprint density at radius 1 is 1.03 bits per heavy atom. The van der Waals surface area contributed by atoms with Crippen LogP contribution in [0.1, 0.15) is 27.0 Å². The van der Waals surface area contributed by atoms with Gasteiger partial charge in [0.25, 0.3) is 0 Å². The van der Waals surface area contributed by atoms with Gasteiger partial charge in [-0.2, -0.15) is 18.3 Å². The Bertz CT molecular complexity index is 1260. The molecule has 0 spiro atoms. The number of aryl methyl sites for hydroxylation is 1. The zero-order chi connectivity index (χ0) is 20.9. The number of aromatic amines is 1. The summed E-state index contributed by atoms with van der Waals surface area (Å²) in [6.07, 6.45) is -2.85. The van der Waals surface area contributed by atoms with Gasteiger partial charge in [0.15, 0.2) is 5.76 Å². The lowest BCUT2D eigenvalue weighted by molar-refractivity contribution is -0.136. The first kappa shape index (κ1) is 18.4. The largest absolute Gasteiger partial charge is 0.422 e. The fourth-order valence-corrected chi connectivity index (χ4v) is 3.92. The van der Waals surface area contributed by atoms with Crippen LogP contribution in [0.5, 0.6) is 0 Å². The van der Waals surface area contributed by atoms with Crippen LogP contribution in [0.15, 0.2) is 53.1 Å². The van der Waals surface area contributed by atoms with E-state index in [0.717, 1.165) is 17.4 Å². The number of benzene rings is 2. The van der Waals surface area contributed by atoms with Gasteiger partial charge in [-0.1, -0.05) is 47.6 Å². The highest BCUT2D eigenvalue weighted by Crippen LogP contribution is 2.45. The third kappa shape index (κ3) is 2.83. The summed E-state index contributed by atoms with van der Waals surface area (Å²) in [6.45, 7) is 0. The third-order valence-corrected chi connectivity index (χ3v) is 5.28. The molecule has 0 bridgehead atoms. The fraction of sp³-hybridized carbons (Fsp3) is 0.136. The summed E-state index contributed by atoms with van der Waals surface area (Å²) >= 11 is 0. The molecule has 5 nitrogen and oxygen atoms in total. The standard InChI is InChI=1S/C22H14F3N3O2/c23-22(24,25)17-18(13-4-2-1-3-5-13)28-30-21(17)20-16-9-7-14-10-12(11-29)6-8-15(14)19(16)26-27-20/h1-6,8,10-11H,7,9H2,(H,26,27). The molecule has 1 aliphatic carbocycles. The van der Waals surface area contributed by atoms with E-state index in [-0.39, 0.29) is 17.1 Å². The summed E-state index contributed by atoms with van der Waals surface area (Å²) < 4.78 is 47.2. The van der Waals surface area contributed by atoms with Crippen molar-refractivity contribution in [2.24, 2.45) is 0 Å². The van der Waals surface area contributed by atoms with E-state index < -0.39 is 11.7 Å². The van der Waals surface area contributed by atoms with Crippen molar-refractivity contribution >= 4 is 6.29 Å². The number of nitrogens with one attached hydrogen (secondary N) is 1. The molecule has 0 saturated carbocycles. The monoisotopic (exact) mass is 409 g/mol. The van der Waals surface area contributed by atoms with Crippen molar-refractivity contribution in [2.75, 3.05) is 0 Å².